The number of aromatic nitrogens is 2. The van der Waals surface area contributed by atoms with Crippen molar-refractivity contribution >= 4 is 11.4 Å². The quantitative estimate of drug-likeness (QED) is 0.840. The number of rotatable bonds is 6. The Morgan fingerprint density at radius 2 is 2.10 bits per heavy atom. The first-order valence-electron chi connectivity index (χ1n) is 6.55. The molecular weight excluding hydrogens is 259 g/mol. The number of nitrogen functional groups attached to an aromatic ring is 1. The van der Waals surface area contributed by atoms with Crippen molar-refractivity contribution in [2.45, 2.75) is 19.6 Å². The van der Waals surface area contributed by atoms with Crippen molar-refractivity contribution in [1.82, 2.24) is 9.78 Å². The van der Waals surface area contributed by atoms with E-state index in [9.17, 15) is 9.50 Å². The minimum Gasteiger partial charge on any atom is -0.396 e. The molecular formula is C14H19FN4O. The van der Waals surface area contributed by atoms with Gasteiger partial charge in [0, 0.05) is 25.0 Å². The number of aliphatic hydroxyl groups excluding tert-OH is 1. The Morgan fingerprint density at radius 3 is 2.65 bits per heavy atom. The molecule has 0 aliphatic rings. The van der Waals surface area contributed by atoms with Crippen LogP contribution in [0.3, 0.4) is 0 Å². The molecule has 0 aliphatic carbocycles. The van der Waals surface area contributed by atoms with Gasteiger partial charge in [-0.25, -0.2) is 4.39 Å². The summed E-state index contributed by atoms with van der Waals surface area (Å²) in [5.74, 6) is -0.266. The summed E-state index contributed by atoms with van der Waals surface area (Å²) in [5, 5.41) is 14.1. The minimum absolute atomic E-state index is 0.266. The maximum absolute atomic E-state index is 12.9. The van der Waals surface area contributed by atoms with E-state index in [-0.39, 0.29) is 5.82 Å². The Bertz CT molecular complexity index is 540. The summed E-state index contributed by atoms with van der Waals surface area (Å²) in [6, 6.07) is 6.24. The van der Waals surface area contributed by atoms with E-state index in [0.29, 0.717) is 18.8 Å². The van der Waals surface area contributed by atoms with Crippen LogP contribution in [0.15, 0.2) is 36.7 Å². The Morgan fingerprint density at radius 1 is 1.40 bits per heavy atom. The van der Waals surface area contributed by atoms with Gasteiger partial charge >= 0.3 is 0 Å². The SMILES string of the molecule is CCN(CC(O)Cn1cc(N)cn1)c1ccc(F)cc1. The second kappa shape index (κ2) is 6.38. The summed E-state index contributed by atoms with van der Waals surface area (Å²) in [7, 11) is 0. The highest BCUT2D eigenvalue weighted by molar-refractivity contribution is 5.46. The molecule has 0 fully saturated rings. The van der Waals surface area contributed by atoms with Crippen LogP contribution in [0.25, 0.3) is 0 Å². The van der Waals surface area contributed by atoms with Crippen molar-refractivity contribution in [2.75, 3.05) is 23.7 Å². The molecule has 0 saturated heterocycles. The lowest BCUT2D eigenvalue weighted by molar-refractivity contribution is 0.154. The van der Waals surface area contributed by atoms with Crippen LogP contribution in [-0.2, 0) is 6.54 Å². The van der Waals surface area contributed by atoms with Gasteiger partial charge in [0.15, 0.2) is 0 Å². The van der Waals surface area contributed by atoms with E-state index in [1.54, 1.807) is 29.2 Å². The summed E-state index contributed by atoms with van der Waals surface area (Å²) in [6.07, 6.45) is 2.64. The third kappa shape index (κ3) is 3.71. The Kier molecular flexibility index (Phi) is 4.57. The van der Waals surface area contributed by atoms with Gasteiger partial charge in [-0.15, -0.1) is 0 Å². The summed E-state index contributed by atoms with van der Waals surface area (Å²) in [6.45, 7) is 3.53. The van der Waals surface area contributed by atoms with E-state index in [1.165, 1.54) is 12.1 Å². The number of halogens is 1. The van der Waals surface area contributed by atoms with Crippen molar-refractivity contribution in [3.63, 3.8) is 0 Å². The maximum Gasteiger partial charge on any atom is 0.123 e. The molecule has 0 spiro atoms. The molecule has 108 valence electrons. The minimum atomic E-state index is -0.584. The molecule has 6 heteroatoms. The zero-order chi connectivity index (χ0) is 14.5. The van der Waals surface area contributed by atoms with Crippen molar-refractivity contribution in [1.29, 1.82) is 0 Å². The van der Waals surface area contributed by atoms with Crippen LogP contribution in [0.4, 0.5) is 15.8 Å². The number of nitrogens with two attached hydrogens (primary N) is 1. The second-order valence-electron chi connectivity index (χ2n) is 4.66. The van der Waals surface area contributed by atoms with E-state index in [2.05, 4.69) is 5.10 Å². The van der Waals surface area contributed by atoms with Crippen LogP contribution in [0, 0.1) is 5.82 Å². The molecule has 1 atom stereocenters. The summed E-state index contributed by atoms with van der Waals surface area (Å²) >= 11 is 0. The van der Waals surface area contributed by atoms with Crippen LogP contribution in [0.2, 0.25) is 0 Å². The largest absolute Gasteiger partial charge is 0.396 e. The highest BCUT2D eigenvalue weighted by atomic mass is 19.1. The molecule has 2 rings (SSSR count). The number of hydrogen-bond acceptors (Lipinski definition) is 4. The monoisotopic (exact) mass is 278 g/mol. The van der Waals surface area contributed by atoms with Gasteiger partial charge in [-0.1, -0.05) is 0 Å². The third-order valence-electron chi connectivity index (χ3n) is 3.06. The van der Waals surface area contributed by atoms with Gasteiger partial charge in [-0.05, 0) is 31.2 Å². The molecule has 0 saturated carbocycles. The molecule has 2 aromatic rings. The lowest BCUT2D eigenvalue weighted by Crippen LogP contribution is -2.34. The van der Waals surface area contributed by atoms with Crippen molar-refractivity contribution in [2.24, 2.45) is 0 Å². The molecule has 0 aliphatic heterocycles. The van der Waals surface area contributed by atoms with Crippen LogP contribution in [0.1, 0.15) is 6.92 Å². The summed E-state index contributed by atoms with van der Waals surface area (Å²) in [5.41, 5.74) is 7.03. The highest BCUT2D eigenvalue weighted by Crippen LogP contribution is 2.15. The molecule has 0 bridgehead atoms. The Hall–Kier alpha value is -2.08. The summed E-state index contributed by atoms with van der Waals surface area (Å²) in [4.78, 5) is 1.98. The summed E-state index contributed by atoms with van der Waals surface area (Å²) < 4.78 is 14.5. The van der Waals surface area contributed by atoms with Gasteiger partial charge in [0.25, 0.3) is 0 Å². The fraction of sp³-hybridized carbons (Fsp3) is 0.357. The van der Waals surface area contributed by atoms with E-state index in [4.69, 9.17) is 5.73 Å². The number of aliphatic hydroxyl groups is 1. The molecule has 0 radical (unpaired) electrons. The van der Waals surface area contributed by atoms with Gasteiger partial charge in [-0.2, -0.15) is 5.10 Å². The predicted octanol–water partition coefficient (Wildman–Crippen LogP) is 1.49. The van der Waals surface area contributed by atoms with Crippen LogP contribution >= 0.6 is 0 Å². The van der Waals surface area contributed by atoms with Crippen LogP contribution < -0.4 is 10.6 Å². The first-order valence-corrected chi connectivity index (χ1v) is 6.55. The molecule has 20 heavy (non-hydrogen) atoms. The van der Waals surface area contributed by atoms with E-state index < -0.39 is 6.10 Å². The number of anilines is 2. The normalized spacial score (nSPS) is 12.3. The molecule has 1 aromatic heterocycles. The molecule has 1 aromatic carbocycles. The van der Waals surface area contributed by atoms with Crippen molar-refractivity contribution in [3.05, 3.63) is 42.5 Å². The smallest absolute Gasteiger partial charge is 0.123 e. The van der Waals surface area contributed by atoms with Gasteiger partial charge in [0.2, 0.25) is 0 Å². The lowest BCUT2D eigenvalue weighted by atomic mass is 10.2. The molecule has 1 heterocycles. The predicted molar refractivity (Wildman–Crippen MR) is 76.9 cm³/mol. The highest BCUT2D eigenvalue weighted by Gasteiger charge is 2.12. The average molecular weight is 278 g/mol. The maximum atomic E-state index is 12.9. The third-order valence-corrected chi connectivity index (χ3v) is 3.06. The van der Waals surface area contributed by atoms with Crippen molar-refractivity contribution in [3.8, 4) is 0 Å². The number of hydrogen-bond donors (Lipinski definition) is 2. The number of benzene rings is 1. The van der Waals surface area contributed by atoms with Gasteiger partial charge in [0.05, 0.1) is 24.5 Å². The second-order valence-corrected chi connectivity index (χ2v) is 4.66. The number of likely N-dealkylation sites (N-methyl/N-ethyl adjacent to an activating group) is 1. The Labute approximate surface area is 117 Å². The standard InChI is InChI=1S/C14H19FN4O/c1-2-18(13-5-3-11(15)4-6-13)9-14(20)10-19-8-12(16)7-17-19/h3-8,14,20H,2,9-10,16H2,1H3. The molecule has 3 N–H and O–H groups in total. The Balaban J connectivity index is 1.97. The van der Waals surface area contributed by atoms with Crippen LogP contribution in [-0.4, -0.2) is 34.1 Å². The van der Waals surface area contributed by atoms with Crippen LogP contribution in [0.5, 0.6) is 0 Å². The first-order chi connectivity index (χ1) is 9.58. The fourth-order valence-corrected chi connectivity index (χ4v) is 2.08. The molecule has 0 amide bonds. The zero-order valence-electron chi connectivity index (χ0n) is 11.4. The fourth-order valence-electron chi connectivity index (χ4n) is 2.08. The lowest BCUT2D eigenvalue weighted by Gasteiger charge is -2.26. The average Bonchev–Trinajstić information content (AvgIpc) is 2.82. The topological polar surface area (TPSA) is 67.3 Å². The van der Waals surface area contributed by atoms with Crippen molar-refractivity contribution < 1.29 is 9.50 Å². The molecule has 1 unspecified atom stereocenters. The van der Waals surface area contributed by atoms with Gasteiger partial charge in [-0.3, -0.25) is 4.68 Å². The van der Waals surface area contributed by atoms with E-state index in [0.717, 1.165) is 12.2 Å². The van der Waals surface area contributed by atoms with E-state index >= 15 is 0 Å². The molecule has 5 nitrogen and oxygen atoms in total. The zero-order valence-corrected chi connectivity index (χ0v) is 11.4. The van der Waals surface area contributed by atoms with Gasteiger partial charge < -0.3 is 15.7 Å². The number of nitrogens with zero attached hydrogens (tertiary/aromatic N) is 3. The van der Waals surface area contributed by atoms with Gasteiger partial charge in [0.1, 0.15) is 5.82 Å². The van der Waals surface area contributed by atoms with E-state index in [1.807, 2.05) is 11.8 Å². The first kappa shape index (κ1) is 14.3.